The lowest BCUT2D eigenvalue weighted by Gasteiger charge is -2.36. The van der Waals surface area contributed by atoms with Crippen LogP contribution >= 0.6 is 0 Å². The van der Waals surface area contributed by atoms with Gasteiger partial charge in [0.05, 0.1) is 0 Å². The average Bonchev–Trinajstić information content (AvgIpc) is 2.82. The molecule has 0 aliphatic carbocycles. The van der Waals surface area contributed by atoms with E-state index >= 15 is 0 Å². The lowest BCUT2D eigenvalue weighted by molar-refractivity contribution is 0.197. The molecule has 3 nitrogen and oxygen atoms in total. The Kier molecular flexibility index (Phi) is 2.75. The first kappa shape index (κ1) is 11.8. The van der Waals surface area contributed by atoms with E-state index in [9.17, 15) is 5.11 Å². The Hall–Kier alpha value is -2.29. The molecule has 0 radical (unpaired) electrons. The number of hydrogen-bond acceptors (Lipinski definition) is 3. The summed E-state index contributed by atoms with van der Waals surface area (Å²) in [6.07, 6.45) is 2.73. The third-order valence-corrected chi connectivity index (χ3v) is 3.77. The van der Waals surface area contributed by atoms with E-state index in [1.54, 1.807) is 6.07 Å². The van der Waals surface area contributed by atoms with E-state index in [1.165, 1.54) is 5.56 Å². The van der Waals surface area contributed by atoms with Gasteiger partial charge in [0.1, 0.15) is 11.3 Å². The van der Waals surface area contributed by atoms with E-state index in [0.29, 0.717) is 0 Å². The third kappa shape index (κ3) is 1.78. The summed E-state index contributed by atoms with van der Waals surface area (Å²) in [5.41, 5.74) is 1.92. The molecular weight excluding hydrogens is 236 g/mol. The highest BCUT2D eigenvalue weighted by Gasteiger charge is 2.40. The molecule has 2 aromatic rings. The number of hydrogen-bond donors (Lipinski definition) is 1. The molecule has 3 rings (SSSR count). The van der Waals surface area contributed by atoms with Crippen molar-refractivity contribution in [3.63, 3.8) is 0 Å². The molecule has 3 heteroatoms. The van der Waals surface area contributed by atoms with Crippen molar-refractivity contribution in [2.75, 3.05) is 7.05 Å². The summed E-state index contributed by atoms with van der Waals surface area (Å²) in [5, 5.41) is 16.1. The zero-order valence-corrected chi connectivity index (χ0v) is 10.8. The van der Waals surface area contributed by atoms with Crippen molar-refractivity contribution in [2.45, 2.75) is 12.0 Å². The van der Waals surface area contributed by atoms with E-state index in [-0.39, 0.29) is 11.3 Å². The molecule has 2 aromatic carbocycles. The minimum atomic E-state index is -0.319. The Labute approximate surface area is 112 Å². The van der Waals surface area contributed by atoms with E-state index < -0.39 is 0 Å². The monoisotopic (exact) mass is 252 g/mol. The molecule has 0 aromatic heterocycles. The first-order chi connectivity index (χ1) is 9.23. The molecule has 1 N–H and O–H groups in total. The fourth-order valence-corrected chi connectivity index (χ4v) is 2.78. The topological polar surface area (TPSA) is 35.8 Å². The molecule has 1 unspecified atom stereocenters. The summed E-state index contributed by atoms with van der Waals surface area (Å²) < 4.78 is 0. The molecule has 0 spiro atoms. The van der Waals surface area contributed by atoms with Crippen molar-refractivity contribution in [2.24, 2.45) is 5.10 Å². The van der Waals surface area contributed by atoms with E-state index in [2.05, 4.69) is 17.2 Å². The van der Waals surface area contributed by atoms with Crippen molar-refractivity contribution < 1.29 is 5.11 Å². The molecule has 0 fully saturated rings. The summed E-state index contributed by atoms with van der Waals surface area (Å²) in [6, 6.07) is 17.7. The Morgan fingerprint density at radius 2 is 1.79 bits per heavy atom. The van der Waals surface area contributed by atoms with Crippen LogP contribution in [-0.4, -0.2) is 23.4 Å². The predicted molar refractivity (Wildman–Crippen MR) is 76.2 cm³/mol. The molecular formula is C16H16N2O. The highest BCUT2D eigenvalue weighted by Crippen LogP contribution is 2.41. The van der Waals surface area contributed by atoms with Gasteiger partial charge in [0.2, 0.25) is 0 Å². The summed E-state index contributed by atoms with van der Waals surface area (Å²) in [7, 11) is 1.97. The Bertz CT molecular complexity index is 609. The van der Waals surface area contributed by atoms with Gasteiger partial charge >= 0.3 is 0 Å². The molecule has 1 atom stereocenters. The lowest BCUT2D eigenvalue weighted by Crippen LogP contribution is -2.38. The van der Waals surface area contributed by atoms with Gasteiger partial charge in [0, 0.05) is 19.7 Å². The Morgan fingerprint density at radius 1 is 1.05 bits per heavy atom. The van der Waals surface area contributed by atoms with Crippen LogP contribution in [0.1, 0.15) is 17.5 Å². The molecule has 1 aliphatic heterocycles. The van der Waals surface area contributed by atoms with Gasteiger partial charge in [-0.2, -0.15) is 5.10 Å². The second-order valence-electron chi connectivity index (χ2n) is 4.80. The summed E-state index contributed by atoms with van der Waals surface area (Å²) in [6.45, 7) is 0. The van der Waals surface area contributed by atoms with E-state index in [4.69, 9.17) is 0 Å². The van der Waals surface area contributed by atoms with Crippen LogP contribution in [0.25, 0.3) is 0 Å². The Balaban J connectivity index is 2.19. The number of phenolic OH excluding ortho intramolecular Hbond substituents is 1. The first-order valence-electron chi connectivity index (χ1n) is 6.35. The fraction of sp³-hybridized carbons (Fsp3) is 0.188. The number of rotatable bonds is 2. The van der Waals surface area contributed by atoms with Crippen LogP contribution in [0.3, 0.4) is 0 Å². The van der Waals surface area contributed by atoms with Crippen LogP contribution in [0.15, 0.2) is 59.7 Å². The molecule has 19 heavy (non-hydrogen) atoms. The zero-order valence-electron chi connectivity index (χ0n) is 10.8. The number of phenols is 1. The van der Waals surface area contributed by atoms with Crippen LogP contribution in [0, 0.1) is 0 Å². The molecule has 1 aliphatic rings. The SMILES string of the molecule is CN1N=CCC1(c1ccccc1)c1cccc(O)c1. The number of aromatic hydroxyl groups is 1. The maximum Gasteiger partial charge on any atom is 0.115 e. The van der Waals surface area contributed by atoms with Crippen molar-refractivity contribution in [3.8, 4) is 5.75 Å². The second-order valence-corrected chi connectivity index (χ2v) is 4.80. The van der Waals surface area contributed by atoms with Crippen molar-refractivity contribution in [1.82, 2.24) is 5.01 Å². The van der Waals surface area contributed by atoms with Crippen molar-refractivity contribution in [3.05, 3.63) is 65.7 Å². The molecule has 1 heterocycles. The van der Waals surface area contributed by atoms with Gasteiger partial charge in [0.25, 0.3) is 0 Å². The van der Waals surface area contributed by atoms with Crippen molar-refractivity contribution in [1.29, 1.82) is 0 Å². The van der Waals surface area contributed by atoms with Gasteiger partial charge in [-0.15, -0.1) is 0 Å². The van der Waals surface area contributed by atoms with Crippen molar-refractivity contribution >= 4 is 6.21 Å². The van der Waals surface area contributed by atoms with Gasteiger partial charge in [0.15, 0.2) is 0 Å². The average molecular weight is 252 g/mol. The highest BCUT2D eigenvalue weighted by molar-refractivity contribution is 5.65. The fourth-order valence-electron chi connectivity index (χ4n) is 2.78. The molecule has 0 bridgehead atoms. The van der Waals surface area contributed by atoms with E-state index in [0.717, 1.165) is 12.0 Å². The smallest absolute Gasteiger partial charge is 0.115 e. The van der Waals surface area contributed by atoms with Crippen LogP contribution in [-0.2, 0) is 5.54 Å². The maximum absolute atomic E-state index is 9.76. The number of hydrazone groups is 1. The summed E-state index contributed by atoms with van der Waals surface area (Å²) >= 11 is 0. The summed E-state index contributed by atoms with van der Waals surface area (Å²) in [5.74, 6) is 0.285. The predicted octanol–water partition coefficient (Wildman–Crippen LogP) is 2.96. The molecule has 0 amide bonds. The van der Waals surface area contributed by atoms with Crippen LogP contribution < -0.4 is 0 Å². The standard InChI is InChI=1S/C16H16N2O/c1-18-16(10-11-17-18,13-6-3-2-4-7-13)14-8-5-9-15(19)12-14/h2-9,11-12,19H,10H2,1H3. The largest absolute Gasteiger partial charge is 0.508 e. The molecule has 0 saturated heterocycles. The Morgan fingerprint density at radius 3 is 2.42 bits per heavy atom. The van der Waals surface area contributed by atoms with Gasteiger partial charge in [-0.25, -0.2) is 0 Å². The quantitative estimate of drug-likeness (QED) is 0.892. The minimum Gasteiger partial charge on any atom is -0.508 e. The lowest BCUT2D eigenvalue weighted by atomic mass is 9.80. The van der Waals surface area contributed by atoms with E-state index in [1.807, 2.05) is 54.7 Å². The number of benzene rings is 2. The van der Waals surface area contributed by atoms with Crippen LogP contribution in [0.5, 0.6) is 5.75 Å². The molecule has 96 valence electrons. The van der Waals surface area contributed by atoms with Crippen LogP contribution in [0.4, 0.5) is 0 Å². The second kappa shape index (κ2) is 4.43. The van der Waals surface area contributed by atoms with Gasteiger partial charge in [-0.3, -0.25) is 5.01 Å². The summed E-state index contributed by atoms with van der Waals surface area (Å²) in [4.78, 5) is 0. The van der Waals surface area contributed by atoms with Crippen LogP contribution in [0.2, 0.25) is 0 Å². The maximum atomic E-state index is 9.76. The van der Waals surface area contributed by atoms with Gasteiger partial charge < -0.3 is 5.11 Å². The third-order valence-electron chi connectivity index (χ3n) is 3.77. The normalized spacial score (nSPS) is 21.8. The van der Waals surface area contributed by atoms with Gasteiger partial charge in [-0.1, -0.05) is 42.5 Å². The minimum absolute atomic E-state index is 0.285. The highest BCUT2D eigenvalue weighted by atomic mass is 16.3. The van der Waals surface area contributed by atoms with Gasteiger partial charge in [-0.05, 0) is 23.3 Å². The molecule has 0 saturated carbocycles. The number of nitrogens with zero attached hydrogens (tertiary/aromatic N) is 2. The zero-order chi connectivity index (χ0) is 13.3. The first-order valence-corrected chi connectivity index (χ1v) is 6.35.